The largest absolute Gasteiger partial charge is 0.474 e. The standard InChI is InChI=1S/C17H22F3N3O3/c1-16(2,3)26-15(24)23-8-10-4-5-11(10)12(23)9-25-14-7-21-13(6-22-14)17(18,19)20/h6-7,10-12H,4-5,8-9H2,1-3H3. The van der Waals surface area contributed by atoms with Crippen LogP contribution in [-0.2, 0) is 10.9 Å². The lowest BCUT2D eigenvalue weighted by atomic mass is 9.73. The number of ether oxygens (including phenoxy) is 2. The minimum atomic E-state index is -4.54. The van der Waals surface area contributed by atoms with Crippen molar-refractivity contribution in [1.82, 2.24) is 14.9 Å². The fraction of sp³-hybridized carbons (Fsp3) is 0.706. The first kappa shape index (κ1) is 18.7. The molecule has 0 aromatic carbocycles. The number of alkyl halides is 3. The van der Waals surface area contributed by atoms with Gasteiger partial charge in [-0.3, -0.25) is 0 Å². The van der Waals surface area contributed by atoms with Crippen molar-refractivity contribution in [2.45, 2.75) is 51.4 Å². The third-order valence-electron chi connectivity index (χ3n) is 4.75. The van der Waals surface area contributed by atoms with Crippen LogP contribution in [0.5, 0.6) is 5.88 Å². The fourth-order valence-electron chi connectivity index (χ4n) is 3.40. The van der Waals surface area contributed by atoms with Gasteiger partial charge in [-0.2, -0.15) is 13.2 Å². The Morgan fingerprint density at radius 1 is 1.23 bits per heavy atom. The molecule has 1 amide bonds. The molecule has 0 radical (unpaired) electrons. The Morgan fingerprint density at radius 2 is 1.96 bits per heavy atom. The van der Waals surface area contributed by atoms with E-state index in [0.717, 1.165) is 19.0 Å². The number of fused-ring (bicyclic) bond motifs is 1. The zero-order chi connectivity index (χ0) is 19.1. The molecule has 3 unspecified atom stereocenters. The van der Waals surface area contributed by atoms with Gasteiger partial charge in [-0.15, -0.1) is 0 Å². The van der Waals surface area contributed by atoms with Crippen LogP contribution in [0.2, 0.25) is 0 Å². The summed E-state index contributed by atoms with van der Waals surface area (Å²) in [5, 5.41) is 0. The van der Waals surface area contributed by atoms with Crippen LogP contribution in [-0.4, -0.2) is 45.8 Å². The Hall–Kier alpha value is -2.06. The van der Waals surface area contributed by atoms with Crippen LogP contribution in [0.4, 0.5) is 18.0 Å². The second-order valence-electron chi connectivity index (χ2n) is 7.75. The predicted octanol–water partition coefficient (Wildman–Crippen LogP) is 3.52. The molecule has 26 heavy (non-hydrogen) atoms. The van der Waals surface area contributed by atoms with E-state index in [1.54, 1.807) is 25.7 Å². The van der Waals surface area contributed by atoms with E-state index >= 15 is 0 Å². The van der Waals surface area contributed by atoms with E-state index in [9.17, 15) is 18.0 Å². The second kappa shape index (κ2) is 6.59. The van der Waals surface area contributed by atoms with Gasteiger partial charge >= 0.3 is 12.3 Å². The zero-order valence-corrected chi connectivity index (χ0v) is 14.9. The summed E-state index contributed by atoms with van der Waals surface area (Å²) in [6.45, 7) is 6.18. The van der Waals surface area contributed by atoms with E-state index in [1.165, 1.54) is 0 Å². The Kier molecular flexibility index (Phi) is 4.74. The van der Waals surface area contributed by atoms with Gasteiger partial charge in [-0.25, -0.2) is 14.8 Å². The van der Waals surface area contributed by atoms with E-state index in [1.807, 2.05) is 0 Å². The number of hydrogen-bond donors (Lipinski definition) is 0. The van der Waals surface area contributed by atoms with E-state index in [2.05, 4.69) is 9.97 Å². The molecule has 3 atom stereocenters. The lowest BCUT2D eigenvalue weighted by molar-refractivity contribution is -0.141. The normalized spacial score (nSPS) is 25.5. The summed E-state index contributed by atoms with van der Waals surface area (Å²) < 4.78 is 48.6. The molecule has 3 rings (SSSR count). The molecule has 144 valence electrons. The summed E-state index contributed by atoms with van der Waals surface area (Å²) in [6, 6.07) is -0.173. The van der Waals surface area contributed by atoms with Crippen LogP contribution < -0.4 is 4.74 Å². The van der Waals surface area contributed by atoms with Crippen molar-refractivity contribution in [1.29, 1.82) is 0 Å². The lowest BCUT2D eigenvalue weighted by Gasteiger charge is -2.33. The topological polar surface area (TPSA) is 64.5 Å². The molecule has 6 nitrogen and oxygen atoms in total. The molecule has 1 aromatic heterocycles. The molecule has 1 saturated heterocycles. The first-order chi connectivity index (χ1) is 12.0. The summed E-state index contributed by atoms with van der Waals surface area (Å²) >= 11 is 0. The van der Waals surface area contributed by atoms with Gasteiger partial charge in [0.15, 0.2) is 5.69 Å². The minimum Gasteiger partial charge on any atom is -0.474 e. The lowest BCUT2D eigenvalue weighted by Crippen LogP contribution is -2.44. The molecule has 0 bridgehead atoms. The molecule has 1 aliphatic carbocycles. The maximum absolute atomic E-state index is 12.5. The third kappa shape index (κ3) is 4.02. The number of carbonyl (C=O) groups excluding carboxylic acids is 1. The SMILES string of the molecule is CC(C)(C)OC(=O)N1CC2CCC2C1COc1cnc(C(F)(F)F)cn1. The fourth-order valence-corrected chi connectivity index (χ4v) is 3.40. The summed E-state index contributed by atoms with van der Waals surface area (Å²) in [4.78, 5) is 21.1. The smallest absolute Gasteiger partial charge is 0.434 e. The van der Waals surface area contributed by atoms with Crippen molar-refractivity contribution >= 4 is 6.09 Å². The van der Waals surface area contributed by atoms with Crippen LogP contribution in [0.15, 0.2) is 12.4 Å². The molecule has 0 N–H and O–H groups in total. The van der Waals surface area contributed by atoms with E-state index in [-0.39, 0.29) is 24.6 Å². The van der Waals surface area contributed by atoms with Crippen molar-refractivity contribution < 1.29 is 27.4 Å². The van der Waals surface area contributed by atoms with E-state index in [4.69, 9.17) is 9.47 Å². The minimum absolute atomic E-state index is 0.00455. The van der Waals surface area contributed by atoms with Gasteiger partial charge in [0.25, 0.3) is 0 Å². The number of likely N-dealkylation sites (tertiary alicyclic amines) is 1. The first-order valence-electron chi connectivity index (χ1n) is 8.56. The zero-order valence-electron chi connectivity index (χ0n) is 14.9. The second-order valence-corrected chi connectivity index (χ2v) is 7.75. The van der Waals surface area contributed by atoms with Gasteiger partial charge in [-0.1, -0.05) is 0 Å². The number of nitrogens with zero attached hydrogens (tertiary/aromatic N) is 3. The maximum Gasteiger partial charge on any atom is 0.434 e. The number of hydrogen-bond acceptors (Lipinski definition) is 5. The molecule has 9 heteroatoms. The summed E-state index contributed by atoms with van der Waals surface area (Å²) in [5.74, 6) is 0.754. The molecule has 2 aliphatic rings. The van der Waals surface area contributed by atoms with Crippen LogP contribution in [0.3, 0.4) is 0 Å². The summed E-state index contributed by atoms with van der Waals surface area (Å²) in [7, 11) is 0. The van der Waals surface area contributed by atoms with Crippen molar-refractivity contribution in [2.24, 2.45) is 11.8 Å². The van der Waals surface area contributed by atoms with Crippen molar-refractivity contribution in [3.05, 3.63) is 18.1 Å². The van der Waals surface area contributed by atoms with Gasteiger partial charge in [-0.05, 0) is 45.4 Å². The Morgan fingerprint density at radius 3 is 2.46 bits per heavy atom. The number of aromatic nitrogens is 2. The van der Waals surface area contributed by atoms with E-state index in [0.29, 0.717) is 24.6 Å². The van der Waals surface area contributed by atoms with Crippen LogP contribution in [0.25, 0.3) is 0 Å². The molecule has 1 aliphatic heterocycles. The van der Waals surface area contributed by atoms with Gasteiger partial charge in [0.2, 0.25) is 5.88 Å². The Bertz CT molecular complexity index is 658. The van der Waals surface area contributed by atoms with Crippen LogP contribution in [0.1, 0.15) is 39.3 Å². The molecule has 1 saturated carbocycles. The van der Waals surface area contributed by atoms with Crippen LogP contribution in [0, 0.1) is 11.8 Å². The highest BCUT2D eigenvalue weighted by Gasteiger charge is 2.50. The monoisotopic (exact) mass is 373 g/mol. The number of rotatable bonds is 3. The highest BCUT2D eigenvalue weighted by molar-refractivity contribution is 5.69. The quantitative estimate of drug-likeness (QED) is 0.811. The van der Waals surface area contributed by atoms with Gasteiger partial charge in [0.1, 0.15) is 12.2 Å². The van der Waals surface area contributed by atoms with E-state index < -0.39 is 17.5 Å². The van der Waals surface area contributed by atoms with Crippen molar-refractivity contribution in [2.75, 3.05) is 13.2 Å². The third-order valence-corrected chi connectivity index (χ3v) is 4.75. The Balaban J connectivity index is 1.64. The average molecular weight is 373 g/mol. The average Bonchev–Trinajstić information content (AvgIpc) is 2.73. The summed E-state index contributed by atoms with van der Waals surface area (Å²) in [6.07, 6.45) is -1.28. The van der Waals surface area contributed by atoms with Crippen molar-refractivity contribution in [3.8, 4) is 5.88 Å². The first-order valence-corrected chi connectivity index (χ1v) is 8.56. The summed E-state index contributed by atoms with van der Waals surface area (Å²) in [5.41, 5.74) is -1.66. The van der Waals surface area contributed by atoms with Gasteiger partial charge < -0.3 is 14.4 Å². The predicted molar refractivity (Wildman–Crippen MR) is 85.5 cm³/mol. The maximum atomic E-state index is 12.5. The molecule has 0 spiro atoms. The molecule has 2 fully saturated rings. The molecule has 1 aromatic rings. The highest BCUT2D eigenvalue weighted by atomic mass is 19.4. The van der Waals surface area contributed by atoms with Gasteiger partial charge in [0.05, 0.1) is 18.4 Å². The highest BCUT2D eigenvalue weighted by Crippen LogP contribution is 2.45. The Labute approximate surface area is 149 Å². The number of carbonyl (C=O) groups is 1. The molecular weight excluding hydrogens is 351 g/mol. The van der Waals surface area contributed by atoms with Gasteiger partial charge in [0, 0.05) is 6.54 Å². The van der Waals surface area contributed by atoms with Crippen molar-refractivity contribution in [3.63, 3.8) is 0 Å². The van der Waals surface area contributed by atoms with Crippen LogP contribution >= 0.6 is 0 Å². The number of amides is 1. The number of halogens is 3. The molecular formula is C17H22F3N3O3. The molecule has 2 heterocycles.